The molecule has 2 atom stereocenters. The number of hydrogen-bond acceptors (Lipinski definition) is 3. The Bertz CT molecular complexity index is 440. The van der Waals surface area contributed by atoms with Crippen LogP contribution < -0.4 is 5.32 Å². The fourth-order valence-electron chi connectivity index (χ4n) is 2.63. The van der Waals surface area contributed by atoms with Gasteiger partial charge in [0, 0.05) is 6.04 Å². The molecular formula is C16H25NO2. The molecule has 0 fully saturated rings. The molecule has 1 N–H and O–H groups in total. The molecule has 0 aliphatic carbocycles. The number of methoxy groups -OCH3 is 1. The number of carbonyl (C=O) groups excluding carboxylic acids is 1. The van der Waals surface area contributed by atoms with Crippen LogP contribution >= 0.6 is 0 Å². The van der Waals surface area contributed by atoms with Crippen LogP contribution in [0.25, 0.3) is 0 Å². The zero-order valence-electron chi connectivity index (χ0n) is 12.8. The number of nitrogens with one attached hydrogen (secondary N) is 1. The Morgan fingerprint density at radius 1 is 1.26 bits per heavy atom. The largest absolute Gasteiger partial charge is 0.469 e. The number of benzene rings is 1. The molecule has 1 aromatic rings. The third-order valence-electron chi connectivity index (χ3n) is 3.62. The summed E-state index contributed by atoms with van der Waals surface area (Å²) in [5, 5.41) is 3.27. The first-order valence-electron chi connectivity index (χ1n) is 6.74. The van der Waals surface area contributed by atoms with E-state index >= 15 is 0 Å². The van der Waals surface area contributed by atoms with Gasteiger partial charge in [-0.05, 0) is 37.9 Å². The van der Waals surface area contributed by atoms with E-state index in [-0.39, 0.29) is 23.8 Å². The number of carbonyl (C=O) groups is 1. The molecule has 19 heavy (non-hydrogen) atoms. The lowest BCUT2D eigenvalue weighted by atomic mass is 9.83. The minimum Gasteiger partial charge on any atom is -0.469 e. The number of esters is 1. The zero-order valence-corrected chi connectivity index (χ0v) is 12.8. The van der Waals surface area contributed by atoms with Gasteiger partial charge in [-0.2, -0.15) is 0 Å². The molecule has 106 valence electrons. The van der Waals surface area contributed by atoms with Crippen LogP contribution in [0.2, 0.25) is 0 Å². The second-order valence-corrected chi connectivity index (χ2v) is 5.42. The van der Waals surface area contributed by atoms with Crippen LogP contribution in [-0.2, 0) is 9.53 Å². The molecule has 0 saturated heterocycles. The lowest BCUT2D eigenvalue weighted by Gasteiger charge is -2.29. The highest BCUT2D eigenvalue weighted by Gasteiger charge is 2.32. The molecule has 3 heteroatoms. The summed E-state index contributed by atoms with van der Waals surface area (Å²) in [6, 6.07) is 6.31. The van der Waals surface area contributed by atoms with E-state index in [9.17, 15) is 4.79 Å². The molecule has 0 aliphatic heterocycles. The molecule has 2 unspecified atom stereocenters. The van der Waals surface area contributed by atoms with Crippen molar-refractivity contribution in [3.63, 3.8) is 0 Å². The lowest BCUT2D eigenvalue weighted by Crippen LogP contribution is -2.35. The fourth-order valence-corrected chi connectivity index (χ4v) is 2.63. The average molecular weight is 263 g/mol. The molecule has 0 saturated carbocycles. The minimum absolute atomic E-state index is 0.0203. The van der Waals surface area contributed by atoms with Crippen molar-refractivity contribution in [1.29, 1.82) is 0 Å². The quantitative estimate of drug-likeness (QED) is 0.830. The van der Waals surface area contributed by atoms with Crippen molar-refractivity contribution in [2.45, 2.75) is 33.7 Å². The Balaban J connectivity index is 3.19. The number of hydrogen-bond donors (Lipinski definition) is 1. The summed E-state index contributed by atoms with van der Waals surface area (Å²) in [6.45, 7) is 8.26. The second kappa shape index (κ2) is 6.71. The first kappa shape index (κ1) is 15.7. The summed E-state index contributed by atoms with van der Waals surface area (Å²) < 4.78 is 4.96. The van der Waals surface area contributed by atoms with E-state index in [1.807, 2.05) is 7.05 Å². The molecule has 1 aromatic carbocycles. The molecule has 0 amide bonds. The van der Waals surface area contributed by atoms with Crippen molar-refractivity contribution in [3.05, 3.63) is 34.9 Å². The summed E-state index contributed by atoms with van der Waals surface area (Å²) in [7, 11) is 3.34. The highest BCUT2D eigenvalue weighted by Crippen LogP contribution is 2.31. The van der Waals surface area contributed by atoms with E-state index in [1.54, 1.807) is 0 Å². The molecule has 0 aliphatic rings. The van der Waals surface area contributed by atoms with Crippen LogP contribution in [0.5, 0.6) is 0 Å². The van der Waals surface area contributed by atoms with Gasteiger partial charge in [0.25, 0.3) is 0 Å². The third kappa shape index (κ3) is 3.57. The number of aryl methyl sites for hydroxylation is 2. The summed E-state index contributed by atoms with van der Waals surface area (Å²) in [6.07, 6.45) is 0. The van der Waals surface area contributed by atoms with Gasteiger partial charge in [-0.25, -0.2) is 0 Å². The van der Waals surface area contributed by atoms with Crippen LogP contribution in [0, 0.1) is 25.7 Å². The summed E-state index contributed by atoms with van der Waals surface area (Å²) in [5.74, 6) is -0.128. The SMILES string of the molecule is CNC(c1ccc(C)cc1C)C(C(=O)OC)C(C)C. The summed E-state index contributed by atoms with van der Waals surface area (Å²) in [4.78, 5) is 12.0. The van der Waals surface area contributed by atoms with Gasteiger partial charge in [0.05, 0.1) is 13.0 Å². The Kier molecular flexibility index (Phi) is 5.55. The standard InChI is InChI=1S/C16H25NO2/c1-10(2)14(16(18)19-6)15(17-5)13-8-7-11(3)9-12(13)4/h7-10,14-15,17H,1-6H3. The highest BCUT2D eigenvalue weighted by molar-refractivity contribution is 5.74. The van der Waals surface area contributed by atoms with E-state index in [4.69, 9.17) is 4.74 Å². The van der Waals surface area contributed by atoms with Crippen molar-refractivity contribution in [2.75, 3.05) is 14.2 Å². The van der Waals surface area contributed by atoms with Crippen LogP contribution in [0.3, 0.4) is 0 Å². The van der Waals surface area contributed by atoms with Gasteiger partial charge >= 0.3 is 5.97 Å². The molecule has 3 nitrogen and oxygen atoms in total. The van der Waals surface area contributed by atoms with Crippen LogP contribution in [-0.4, -0.2) is 20.1 Å². The maximum Gasteiger partial charge on any atom is 0.310 e. The average Bonchev–Trinajstić information content (AvgIpc) is 2.35. The van der Waals surface area contributed by atoms with E-state index in [0.717, 1.165) is 5.56 Å². The minimum atomic E-state index is -0.184. The second-order valence-electron chi connectivity index (χ2n) is 5.42. The molecule has 0 aromatic heterocycles. The van der Waals surface area contributed by atoms with Gasteiger partial charge in [0.2, 0.25) is 0 Å². The summed E-state index contributed by atoms with van der Waals surface area (Å²) >= 11 is 0. The number of ether oxygens (including phenoxy) is 1. The summed E-state index contributed by atoms with van der Waals surface area (Å²) in [5.41, 5.74) is 3.60. The maximum atomic E-state index is 12.0. The first-order chi connectivity index (χ1) is 8.92. The number of rotatable bonds is 5. The monoisotopic (exact) mass is 263 g/mol. The molecular weight excluding hydrogens is 238 g/mol. The van der Waals surface area contributed by atoms with E-state index < -0.39 is 0 Å². The molecule has 0 heterocycles. The van der Waals surface area contributed by atoms with Gasteiger partial charge < -0.3 is 10.1 Å². The lowest BCUT2D eigenvalue weighted by molar-refractivity contribution is -0.148. The normalized spacial score (nSPS) is 14.3. The highest BCUT2D eigenvalue weighted by atomic mass is 16.5. The van der Waals surface area contributed by atoms with Gasteiger partial charge in [-0.15, -0.1) is 0 Å². The van der Waals surface area contributed by atoms with Crippen molar-refractivity contribution in [2.24, 2.45) is 11.8 Å². The Morgan fingerprint density at radius 3 is 2.32 bits per heavy atom. The predicted molar refractivity (Wildman–Crippen MR) is 78.1 cm³/mol. The first-order valence-corrected chi connectivity index (χ1v) is 6.74. The molecule has 1 rings (SSSR count). The van der Waals surface area contributed by atoms with Crippen LogP contribution in [0.4, 0.5) is 0 Å². The maximum absolute atomic E-state index is 12.0. The fraction of sp³-hybridized carbons (Fsp3) is 0.562. The third-order valence-corrected chi connectivity index (χ3v) is 3.62. The van der Waals surface area contributed by atoms with E-state index in [2.05, 4.69) is 51.2 Å². The van der Waals surface area contributed by atoms with Gasteiger partial charge in [-0.3, -0.25) is 4.79 Å². The van der Waals surface area contributed by atoms with Crippen LogP contribution in [0.15, 0.2) is 18.2 Å². The smallest absolute Gasteiger partial charge is 0.310 e. The van der Waals surface area contributed by atoms with Gasteiger partial charge in [0.1, 0.15) is 0 Å². The van der Waals surface area contributed by atoms with Gasteiger partial charge in [-0.1, -0.05) is 37.6 Å². The predicted octanol–water partition coefficient (Wildman–Crippen LogP) is 3.01. The van der Waals surface area contributed by atoms with Crippen molar-refractivity contribution in [1.82, 2.24) is 5.32 Å². The van der Waals surface area contributed by atoms with E-state index in [0.29, 0.717) is 0 Å². The van der Waals surface area contributed by atoms with Crippen LogP contribution in [0.1, 0.15) is 36.6 Å². The zero-order chi connectivity index (χ0) is 14.6. The Morgan fingerprint density at radius 2 is 1.89 bits per heavy atom. The van der Waals surface area contributed by atoms with Crippen molar-refractivity contribution < 1.29 is 9.53 Å². The molecule has 0 bridgehead atoms. The Hall–Kier alpha value is -1.35. The Labute approximate surface area is 116 Å². The molecule has 0 spiro atoms. The molecule has 0 radical (unpaired) electrons. The van der Waals surface area contributed by atoms with Gasteiger partial charge in [0.15, 0.2) is 0 Å². The van der Waals surface area contributed by atoms with E-state index in [1.165, 1.54) is 18.2 Å². The van der Waals surface area contributed by atoms with Crippen molar-refractivity contribution in [3.8, 4) is 0 Å². The topological polar surface area (TPSA) is 38.3 Å². The van der Waals surface area contributed by atoms with Crippen molar-refractivity contribution >= 4 is 5.97 Å².